The second-order valence-corrected chi connectivity index (χ2v) is 9.05. The van der Waals surface area contributed by atoms with Crippen molar-refractivity contribution >= 4 is 23.4 Å². The van der Waals surface area contributed by atoms with Crippen molar-refractivity contribution in [2.45, 2.75) is 6.10 Å². The van der Waals surface area contributed by atoms with Gasteiger partial charge in [0.25, 0.3) is 0 Å². The van der Waals surface area contributed by atoms with Gasteiger partial charge >= 0.3 is 12.0 Å². The molecular formula is C34H28N2O4. The molecule has 40 heavy (non-hydrogen) atoms. The van der Waals surface area contributed by atoms with E-state index in [2.05, 4.69) is 10.6 Å². The van der Waals surface area contributed by atoms with Crippen molar-refractivity contribution in [1.29, 1.82) is 0 Å². The number of carbonyl (C=O) groups is 2. The lowest BCUT2D eigenvalue weighted by atomic mass is 10.0. The van der Waals surface area contributed by atoms with Crippen molar-refractivity contribution in [2.24, 2.45) is 0 Å². The van der Waals surface area contributed by atoms with Gasteiger partial charge in [-0.1, -0.05) is 103 Å². The number of methoxy groups -OCH3 is 1. The largest absolute Gasteiger partial charge is 0.480 e. The number of benzene rings is 5. The molecule has 0 aliphatic carbocycles. The van der Waals surface area contributed by atoms with Crippen molar-refractivity contribution in [3.8, 4) is 16.9 Å². The van der Waals surface area contributed by atoms with Crippen LogP contribution in [-0.2, 0) is 4.74 Å². The first kappa shape index (κ1) is 26.3. The van der Waals surface area contributed by atoms with Crippen LogP contribution >= 0.6 is 0 Å². The SMILES string of the molecule is COC(=O)c1cc(NC(=O)Nc2cccc(-c3ccccc3)c2)ccc1OC(c1ccccc1)c1ccccc1. The van der Waals surface area contributed by atoms with E-state index in [1.807, 2.05) is 115 Å². The second-order valence-electron chi connectivity index (χ2n) is 9.05. The maximum absolute atomic E-state index is 12.8. The lowest BCUT2D eigenvalue weighted by Gasteiger charge is -2.22. The lowest BCUT2D eigenvalue weighted by Crippen LogP contribution is -2.20. The monoisotopic (exact) mass is 528 g/mol. The highest BCUT2D eigenvalue weighted by Crippen LogP contribution is 2.32. The molecule has 0 spiro atoms. The summed E-state index contributed by atoms with van der Waals surface area (Å²) in [5.41, 5.74) is 5.16. The number of anilines is 2. The van der Waals surface area contributed by atoms with Crippen LogP contribution in [0, 0.1) is 0 Å². The van der Waals surface area contributed by atoms with Gasteiger partial charge in [-0.2, -0.15) is 0 Å². The van der Waals surface area contributed by atoms with E-state index in [-0.39, 0.29) is 5.56 Å². The fourth-order valence-electron chi connectivity index (χ4n) is 4.39. The van der Waals surface area contributed by atoms with E-state index in [0.717, 1.165) is 22.3 Å². The molecule has 2 amide bonds. The number of hydrogen-bond acceptors (Lipinski definition) is 4. The molecule has 0 saturated carbocycles. The molecule has 5 aromatic carbocycles. The Morgan fingerprint density at radius 1 is 0.600 bits per heavy atom. The van der Waals surface area contributed by atoms with E-state index in [0.29, 0.717) is 17.1 Å². The van der Waals surface area contributed by atoms with Gasteiger partial charge in [0.1, 0.15) is 17.4 Å². The van der Waals surface area contributed by atoms with Crippen LogP contribution in [-0.4, -0.2) is 19.1 Å². The molecule has 0 bridgehead atoms. The van der Waals surface area contributed by atoms with E-state index in [1.54, 1.807) is 18.2 Å². The molecule has 5 aromatic rings. The third kappa shape index (κ3) is 6.37. The third-order valence-corrected chi connectivity index (χ3v) is 6.32. The highest BCUT2D eigenvalue weighted by Gasteiger charge is 2.21. The lowest BCUT2D eigenvalue weighted by molar-refractivity contribution is 0.0594. The fourth-order valence-corrected chi connectivity index (χ4v) is 4.39. The summed E-state index contributed by atoms with van der Waals surface area (Å²) in [5, 5.41) is 5.66. The first-order chi connectivity index (χ1) is 19.6. The van der Waals surface area contributed by atoms with Gasteiger partial charge in [0.05, 0.1) is 7.11 Å². The van der Waals surface area contributed by atoms with Gasteiger partial charge in [-0.15, -0.1) is 0 Å². The van der Waals surface area contributed by atoms with E-state index in [1.165, 1.54) is 7.11 Å². The summed E-state index contributed by atoms with van der Waals surface area (Å²) in [6, 6.07) is 41.5. The first-order valence-corrected chi connectivity index (χ1v) is 12.8. The van der Waals surface area contributed by atoms with Crippen LogP contribution < -0.4 is 15.4 Å². The fraction of sp³-hybridized carbons (Fsp3) is 0.0588. The van der Waals surface area contributed by atoms with Gasteiger partial charge in [-0.05, 0) is 52.6 Å². The Bertz CT molecular complexity index is 1550. The Hall–Kier alpha value is -5.36. The summed E-state index contributed by atoms with van der Waals surface area (Å²) < 4.78 is 11.5. The van der Waals surface area contributed by atoms with E-state index >= 15 is 0 Å². The molecule has 0 fully saturated rings. The van der Waals surface area contributed by atoms with Crippen LogP contribution in [0.2, 0.25) is 0 Å². The Morgan fingerprint density at radius 3 is 1.75 bits per heavy atom. The number of hydrogen-bond donors (Lipinski definition) is 2. The number of urea groups is 1. The standard InChI is InChI=1S/C34H28N2O4/c1-39-33(37)30-23-29(36-34(38)35-28-19-11-18-27(22-28)24-12-5-2-6-13-24)20-21-31(30)40-32(25-14-7-3-8-15-25)26-16-9-4-10-17-26/h2-23,32H,1H3,(H2,35,36,38). The molecule has 0 atom stereocenters. The molecule has 0 aromatic heterocycles. The summed E-state index contributed by atoms with van der Waals surface area (Å²) in [5.74, 6) is -0.236. The van der Waals surface area contributed by atoms with Crippen LogP contribution in [0.4, 0.5) is 16.2 Å². The molecule has 0 radical (unpaired) electrons. The molecule has 0 aliphatic heterocycles. The summed E-state index contributed by atoms with van der Waals surface area (Å²) in [6.45, 7) is 0. The molecule has 6 nitrogen and oxygen atoms in total. The zero-order chi connectivity index (χ0) is 27.7. The Kier molecular flexibility index (Phi) is 8.18. The zero-order valence-electron chi connectivity index (χ0n) is 21.9. The minimum absolute atomic E-state index is 0.197. The van der Waals surface area contributed by atoms with E-state index in [4.69, 9.17) is 9.47 Å². The summed E-state index contributed by atoms with van der Waals surface area (Å²) in [4.78, 5) is 25.6. The van der Waals surface area contributed by atoms with E-state index < -0.39 is 18.1 Å². The number of carbonyl (C=O) groups excluding carboxylic acids is 2. The van der Waals surface area contributed by atoms with Crippen LogP contribution in [0.3, 0.4) is 0 Å². The van der Waals surface area contributed by atoms with Crippen LogP contribution in [0.15, 0.2) is 133 Å². The molecule has 0 aliphatic rings. The number of ether oxygens (including phenoxy) is 2. The van der Waals surface area contributed by atoms with Crippen molar-refractivity contribution in [1.82, 2.24) is 0 Å². The molecule has 6 heteroatoms. The van der Waals surface area contributed by atoms with E-state index in [9.17, 15) is 9.59 Å². The molecule has 0 heterocycles. The van der Waals surface area contributed by atoms with Gasteiger partial charge < -0.3 is 20.1 Å². The Morgan fingerprint density at radius 2 is 1.15 bits per heavy atom. The molecule has 5 rings (SSSR count). The Balaban J connectivity index is 1.37. The van der Waals surface area contributed by atoms with Crippen LogP contribution in [0.5, 0.6) is 5.75 Å². The van der Waals surface area contributed by atoms with Gasteiger partial charge in [0.2, 0.25) is 0 Å². The maximum atomic E-state index is 12.8. The average Bonchev–Trinajstić information content (AvgIpc) is 3.01. The number of esters is 1. The predicted octanol–water partition coefficient (Wildman–Crippen LogP) is 7.95. The number of amides is 2. The smallest absolute Gasteiger partial charge is 0.341 e. The van der Waals surface area contributed by atoms with Crippen molar-refractivity contribution < 1.29 is 19.1 Å². The number of rotatable bonds is 8. The van der Waals surface area contributed by atoms with Crippen LogP contribution in [0.25, 0.3) is 11.1 Å². The minimum Gasteiger partial charge on any atom is -0.480 e. The minimum atomic E-state index is -0.575. The summed E-state index contributed by atoms with van der Waals surface area (Å²) >= 11 is 0. The Labute approximate surface area is 233 Å². The number of nitrogens with one attached hydrogen (secondary N) is 2. The normalized spacial score (nSPS) is 10.6. The molecule has 198 valence electrons. The quantitative estimate of drug-likeness (QED) is 0.200. The topological polar surface area (TPSA) is 76.7 Å². The molecule has 2 N–H and O–H groups in total. The first-order valence-electron chi connectivity index (χ1n) is 12.8. The van der Waals surface area contributed by atoms with Crippen molar-refractivity contribution in [3.05, 3.63) is 150 Å². The second kappa shape index (κ2) is 12.5. The molecular weight excluding hydrogens is 500 g/mol. The van der Waals surface area contributed by atoms with Gasteiger partial charge in [0, 0.05) is 11.4 Å². The summed E-state index contributed by atoms with van der Waals surface area (Å²) in [7, 11) is 1.31. The highest BCUT2D eigenvalue weighted by molar-refractivity contribution is 6.01. The zero-order valence-corrected chi connectivity index (χ0v) is 21.9. The average molecular weight is 529 g/mol. The van der Waals surface area contributed by atoms with Crippen molar-refractivity contribution in [3.63, 3.8) is 0 Å². The molecule has 0 unspecified atom stereocenters. The summed E-state index contributed by atoms with van der Waals surface area (Å²) in [6.07, 6.45) is -0.454. The highest BCUT2D eigenvalue weighted by atomic mass is 16.5. The van der Waals surface area contributed by atoms with Gasteiger partial charge in [-0.25, -0.2) is 9.59 Å². The van der Waals surface area contributed by atoms with Crippen molar-refractivity contribution in [2.75, 3.05) is 17.7 Å². The van der Waals surface area contributed by atoms with Gasteiger partial charge in [-0.3, -0.25) is 0 Å². The van der Waals surface area contributed by atoms with Gasteiger partial charge in [0.15, 0.2) is 0 Å². The maximum Gasteiger partial charge on any atom is 0.341 e. The predicted molar refractivity (Wildman–Crippen MR) is 158 cm³/mol. The molecule has 0 saturated heterocycles. The third-order valence-electron chi connectivity index (χ3n) is 6.32. The van der Waals surface area contributed by atoms with Crippen LogP contribution in [0.1, 0.15) is 27.6 Å².